The summed E-state index contributed by atoms with van der Waals surface area (Å²) in [7, 11) is 0. The van der Waals surface area contributed by atoms with Gasteiger partial charge in [-0.05, 0) is 52.6 Å². The molecule has 0 aliphatic heterocycles. The van der Waals surface area contributed by atoms with E-state index in [-0.39, 0.29) is 0 Å². The van der Waals surface area contributed by atoms with Crippen molar-refractivity contribution in [3.05, 3.63) is 218 Å². The Hall–Kier alpha value is -7.99. The van der Waals surface area contributed by atoms with Crippen LogP contribution >= 0.6 is 11.3 Å². The molecule has 0 N–H and O–H groups in total. The van der Waals surface area contributed by atoms with Crippen molar-refractivity contribution in [3.63, 3.8) is 0 Å². The van der Waals surface area contributed by atoms with Crippen LogP contribution in [0.5, 0.6) is 0 Å². The van der Waals surface area contributed by atoms with Crippen LogP contribution in [0.2, 0.25) is 0 Å². The maximum atomic E-state index is 5.13. The van der Waals surface area contributed by atoms with Crippen LogP contribution in [0.1, 0.15) is 0 Å². The summed E-state index contributed by atoms with van der Waals surface area (Å²) in [5.41, 5.74) is 13.3. The number of aromatic nitrogens is 4. The van der Waals surface area contributed by atoms with Gasteiger partial charge in [0.15, 0.2) is 17.5 Å². The lowest BCUT2D eigenvalue weighted by Crippen LogP contribution is -2.02. The third-order valence-electron chi connectivity index (χ3n) is 11.9. The molecular formula is C57H36N4S. The second-order valence-electron chi connectivity index (χ2n) is 15.5. The maximum absolute atomic E-state index is 5.13. The second-order valence-corrected chi connectivity index (χ2v) is 16.6. The number of para-hydroxylation sites is 2. The van der Waals surface area contributed by atoms with Gasteiger partial charge in [-0.3, -0.25) is 0 Å². The van der Waals surface area contributed by atoms with E-state index in [1.54, 1.807) is 0 Å². The predicted molar refractivity (Wildman–Crippen MR) is 260 cm³/mol. The molecular weight excluding hydrogens is 773 g/mol. The van der Waals surface area contributed by atoms with Gasteiger partial charge in [0.2, 0.25) is 0 Å². The molecule has 3 aromatic heterocycles. The number of benzene rings is 9. The molecule has 12 aromatic rings. The van der Waals surface area contributed by atoms with E-state index in [9.17, 15) is 0 Å². The normalized spacial score (nSPS) is 11.5. The van der Waals surface area contributed by atoms with Crippen LogP contribution in [0.25, 0.3) is 115 Å². The van der Waals surface area contributed by atoms with Crippen LogP contribution < -0.4 is 0 Å². The highest BCUT2D eigenvalue weighted by Gasteiger charge is 2.23. The minimum Gasteiger partial charge on any atom is -0.308 e. The number of rotatable bonds is 7. The number of fused-ring (bicyclic) bond motifs is 6. The average molecular weight is 809 g/mol. The first-order valence-electron chi connectivity index (χ1n) is 20.9. The minimum absolute atomic E-state index is 0.621. The van der Waals surface area contributed by atoms with Crippen molar-refractivity contribution in [1.29, 1.82) is 0 Å². The predicted octanol–water partition coefficient (Wildman–Crippen LogP) is 15.3. The second kappa shape index (κ2) is 14.9. The van der Waals surface area contributed by atoms with Crippen molar-refractivity contribution < 1.29 is 0 Å². The van der Waals surface area contributed by atoms with Crippen LogP contribution in [0.15, 0.2) is 218 Å². The number of thiophene rings is 1. The Morgan fingerprint density at radius 3 is 1.50 bits per heavy atom. The fourth-order valence-electron chi connectivity index (χ4n) is 9.06. The fraction of sp³-hybridized carbons (Fsp3) is 0. The van der Waals surface area contributed by atoms with E-state index < -0.39 is 0 Å². The Bertz CT molecular complexity index is 3560. The van der Waals surface area contributed by atoms with Gasteiger partial charge < -0.3 is 4.57 Å². The Kier molecular flexibility index (Phi) is 8.65. The van der Waals surface area contributed by atoms with Gasteiger partial charge in [0.05, 0.1) is 16.7 Å². The quantitative estimate of drug-likeness (QED) is 0.161. The topological polar surface area (TPSA) is 43.6 Å². The molecule has 0 aliphatic carbocycles. The van der Waals surface area contributed by atoms with Crippen LogP contribution in [0.4, 0.5) is 0 Å². The minimum atomic E-state index is 0.621. The standard InChI is InChI=1S/C57H36N4S/c1-5-18-37(19-6-1)42-27-15-31-47-52-44(28-17-33-51(52)62-54(42)47)46-30-16-29-45-43-26-13-14-32-49(43)61(53(45)46)50-35-34-41(36-48(50)38-20-7-2-8-21-38)57-59-55(39-22-9-3-10-23-39)58-56(60-57)40-24-11-4-12-25-40/h1-36H. The molecule has 12 rings (SSSR count). The van der Waals surface area contributed by atoms with Crippen LogP contribution in [0, 0.1) is 0 Å². The first kappa shape index (κ1) is 35.9. The summed E-state index contributed by atoms with van der Waals surface area (Å²) in [4.78, 5) is 15.2. The Morgan fingerprint density at radius 2 is 0.839 bits per heavy atom. The zero-order valence-electron chi connectivity index (χ0n) is 33.5. The van der Waals surface area contributed by atoms with Crippen molar-refractivity contribution in [3.8, 4) is 73.2 Å². The van der Waals surface area contributed by atoms with Crippen LogP contribution in [0.3, 0.4) is 0 Å². The van der Waals surface area contributed by atoms with Gasteiger partial charge in [-0.25, -0.2) is 15.0 Å². The largest absolute Gasteiger partial charge is 0.308 e. The third-order valence-corrected chi connectivity index (χ3v) is 13.1. The van der Waals surface area contributed by atoms with E-state index in [1.807, 2.05) is 72.0 Å². The summed E-state index contributed by atoms with van der Waals surface area (Å²) in [6, 6.07) is 77.5. The summed E-state index contributed by atoms with van der Waals surface area (Å²) in [6.45, 7) is 0. The van der Waals surface area contributed by atoms with Gasteiger partial charge in [-0.1, -0.05) is 188 Å². The van der Waals surface area contributed by atoms with Gasteiger partial charge in [0, 0.05) is 58.8 Å². The molecule has 9 aromatic carbocycles. The molecule has 0 amide bonds. The molecule has 0 spiro atoms. The first-order valence-corrected chi connectivity index (χ1v) is 21.7. The molecule has 4 nitrogen and oxygen atoms in total. The van der Waals surface area contributed by atoms with Crippen molar-refractivity contribution in [2.75, 3.05) is 0 Å². The van der Waals surface area contributed by atoms with Crippen molar-refractivity contribution in [2.45, 2.75) is 0 Å². The van der Waals surface area contributed by atoms with E-state index in [1.165, 1.54) is 58.7 Å². The molecule has 0 fully saturated rings. The van der Waals surface area contributed by atoms with E-state index in [0.29, 0.717) is 17.5 Å². The van der Waals surface area contributed by atoms with Gasteiger partial charge in [-0.2, -0.15) is 0 Å². The highest BCUT2D eigenvalue weighted by Crippen LogP contribution is 2.47. The highest BCUT2D eigenvalue weighted by molar-refractivity contribution is 7.26. The monoisotopic (exact) mass is 808 g/mol. The van der Waals surface area contributed by atoms with Crippen molar-refractivity contribution >= 4 is 53.3 Å². The number of hydrogen-bond acceptors (Lipinski definition) is 4. The molecule has 3 heterocycles. The molecule has 0 saturated carbocycles. The van der Waals surface area contributed by atoms with E-state index in [4.69, 9.17) is 15.0 Å². The Morgan fingerprint density at radius 1 is 0.339 bits per heavy atom. The summed E-state index contributed by atoms with van der Waals surface area (Å²) >= 11 is 1.88. The number of nitrogens with zero attached hydrogens (tertiary/aromatic N) is 4. The number of hydrogen-bond donors (Lipinski definition) is 0. The van der Waals surface area contributed by atoms with Crippen molar-refractivity contribution in [2.24, 2.45) is 0 Å². The van der Waals surface area contributed by atoms with Gasteiger partial charge in [-0.15, -0.1) is 11.3 Å². The van der Waals surface area contributed by atoms with Crippen molar-refractivity contribution in [1.82, 2.24) is 19.5 Å². The SMILES string of the molecule is c1ccc(-c2nc(-c3ccccc3)nc(-c3ccc(-n4c5ccccc5c5cccc(-c6cccc7sc8c(-c9ccccc9)cccc8c67)c54)c(-c4ccccc4)c3)n2)cc1. The Labute approximate surface area is 362 Å². The maximum Gasteiger partial charge on any atom is 0.164 e. The lowest BCUT2D eigenvalue weighted by atomic mass is 9.95. The molecule has 0 radical (unpaired) electrons. The molecule has 0 saturated heterocycles. The smallest absolute Gasteiger partial charge is 0.164 e. The van der Waals surface area contributed by atoms with Gasteiger partial charge >= 0.3 is 0 Å². The van der Waals surface area contributed by atoms with Gasteiger partial charge in [0.1, 0.15) is 0 Å². The van der Waals surface area contributed by atoms with Gasteiger partial charge in [0.25, 0.3) is 0 Å². The zero-order chi connectivity index (χ0) is 41.0. The molecule has 290 valence electrons. The molecule has 0 aliphatic rings. The van der Waals surface area contributed by atoms with E-state index in [2.05, 4.69) is 162 Å². The average Bonchev–Trinajstić information content (AvgIpc) is 3.91. The highest BCUT2D eigenvalue weighted by atomic mass is 32.1. The zero-order valence-corrected chi connectivity index (χ0v) is 34.3. The molecule has 0 atom stereocenters. The lowest BCUT2D eigenvalue weighted by Gasteiger charge is -2.18. The summed E-state index contributed by atoms with van der Waals surface area (Å²) < 4.78 is 5.06. The first-order chi connectivity index (χ1) is 30.8. The molecule has 0 bridgehead atoms. The lowest BCUT2D eigenvalue weighted by molar-refractivity contribution is 1.07. The Balaban J connectivity index is 1.12. The fourth-order valence-corrected chi connectivity index (χ4v) is 10.3. The van der Waals surface area contributed by atoms with E-state index in [0.717, 1.165) is 39.0 Å². The van der Waals surface area contributed by atoms with E-state index >= 15 is 0 Å². The van der Waals surface area contributed by atoms with Crippen LogP contribution in [-0.4, -0.2) is 19.5 Å². The molecule has 5 heteroatoms. The molecule has 62 heavy (non-hydrogen) atoms. The summed E-state index contributed by atoms with van der Waals surface area (Å²) in [5, 5.41) is 4.98. The third kappa shape index (κ3) is 6.01. The summed E-state index contributed by atoms with van der Waals surface area (Å²) in [6.07, 6.45) is 0. The van der Waals surface area contributed by atoms with Crippen LogP contribution in [-0.2, 0) is 0 Å². The molecule has 0 unspecified atom stereocenters. The summed E-state index contributed by atoms with van der Waals surface area (Å²) in [5.74, 6) is 1.89.